The van der Waals surface area contributed by atoms with Crippen LogP contribution in [0.25, 0.3) is 0 Å². The van der Waals surface area contributed by atoms with Crippen LogP contribution in [0.5, 0.6) is 0 Å². The molecule has 0 aliphatic rings. The van der Waals surface area contributed by atoms with Gasteiger partial charge in [-0.3, -0.25) is 0 Å². The lowest BCUT2D eigenvalue weighted by Crippen LogP contribution is -2.39. The zero-order valence-electron chi connectivity index (χ0n) is 8.80. The fraction of sp³-hybridized carbons (Fsp3) is 1.00. The van der Waals surface area contributed by atoms with Crippen LogP contribution in [0.15, 0.2) is 0 Å². The van der Waals surface area contributed by atoms with Gasteiger partial charge >= 0.3 is 0 Å². The first-order valence-corrected chi connectivity index (χ1v) is 4.98. The maximum Gasteiger partial charge on any atom is 0.0445 e. The lowest BCUT2D eigenvalue weighted by molar-refractivity contribution is 0.253. The Labute approximate surface area is 76.4 Å². The SMILES string of the molecule is CCC(N[C@H](C)CCO)C(C)C. The molecule has 74 valence electrons. The molecule has 0 radical (unpaired) electrons. The lowest BCUT2D eigenvalue weighted by atomic mass is 10.0. The molecule has 12 heavy (non-hydrogen) atoms. The van der Waals surface area contributed by atoms with Crippen LogP contribution in [0.2, 0.25) is 0 Å². The molecule has 0 aliphatic heterocycles. The maximum absolute atomic E-state index is 8.72. The van der Waals surface area contributed by atoms with Gasteiger partial charge in [-0.25, -0.2) is 0 Å². The molecule has 0 fully saturated rings. The summed E-state index contributed by atoms with van der Waals surface area (Å²) in [5.74, 6) is 0.677. The average molecular weight is 173 g/mol. The highest BCUT2D eigenvalue weighted by Crippen LogP contribution is 2.07. The molecule has 0 heterocycles. The third kappa shape index (κ3) is 4.73. The van der Waals surface area contributed by atoms with Crippen LogP contribution >= 0.6 is 0 Å². The second-order valence-corrected chi connectivity index (χ2v) is 3.84. The summed E-state index contributed by atoms with van der Waals surface area (Å²) in [5, 5.41) is 12.2. The van der Waals surface area contributed by atoms with Crippen LogP contribution in [-0.2, 0) is 0 Å². The number of hydrogen-bond donors (Lipinski definition) is 2. The highest BCUT2D eigenvalue weighted by molar-refractivity contribution is 4.72. The van der Waals surface area contributed by atoms with Gasteiger partial charge in [0.15, 0.2) is 0 Å². The molecule has 1 unspecified atom stereocenters. The standard InChI is InChI=1S/C10H23NO/c1-5-10(8(2)3)11-9(4)6-7-12/h8-12H,5-7H2,1-4H3/t9-,10?/m1/s1. The van der Waals surface area contributed by atoms with E-state index in [1.165, 1.54) is 0 Å². The molecule has 0 aromatic rings. The lowest BCUT2D eigenvalue weighted by Gasteiger charge is -2.24. The Bertz CT molecular complexity index is 104. The van der Waals surface area contributed by atoms with Crippen molar-refractivity contribution in [1.82, 2.24) is 5.32 Å². The van der Waals surface area contributed by atoms with Gasteiger partial charge in [0.2, 0.25) is 0 Å². The Morgan fingerprint density at radius 2 is 1.83 bits per heavy atom. The van der Waals surface area contributed by atoms with Crippen LogP contribution in [0, 0.1) is 5.92 Å². The van der Waals surface area contributed by atoms with E-state index < -0.39 is 0 Å². The molecule has 2 nitrogen and oxygen atoms in total. The van der Waals surface area contributed by atoms with E-state index >= 15 is 0 Å². The van der Waals surface area contributed by atoms with Gasteiger partial charge in [0.05, 0.1) is 0 Å². The van der Waals surface area contributed by atoms with Crippen molar-refractivity contribution in [2.24, 2.45) is 5.92 Å². The van der Waals surface area contributed by atoms with E-state index in [0.717, 1.165) is 12.8 Å². The Kier molecular flexibility index (Phi) is 6.39. The largest absolute Gasteiger partial charge is 0.396 e. The first-order chi connectivity index (χ1) is 5.61. The van der Waals surface area contributed by atoms with Crippen molar-refractivity contribution in [3.8, 4) is 0 Å². The average Bonchev–Trinajstić information content (AvgIpc) is 2.00. The Balaban J connectivity index is 3.69. The van der Waals surface area contributed by atoms with Crippen molar-refractivity contribution in [3.05, 3.63) is 0 Å². The molecule has 0 amide bonds. The second-order valence-electron chi connectivity index (χ2n) is 3.84. The summed E-state index contributed by atoms with van der Waals surface area (Å²) < 4.78 is 0. The molecular weight excluding hydrogens is 150 g/mol. The normalized spacial score (nSPS) is 16.5. The molecule has 0 aromatic carbocycles. The maximum atomic E-state index is 8.72. The zero-order valence-corrected chi connectivity index (χ0v) is 8.80. The van der Waals surface area contributed by atoms with E-state index in [4.69, 9.17) is 5.11 Å². The molecule has 0 aromatic heterocycles. The minimum atomic E-state index is 0.280. The van der Waals surface area contributed by atoms with Crippen molar-refractivity contribution in [1.29, 1.82) is 0 Å². The molecule has 2 N–H and O–H groups in total. The van der Waals surface area contributed by atoms with E-state index in [1.54, 1.807) is 0 Å². The monoisotopic (exact) mass is 173 g/mol. The molecular formula is C10H23NO. The van der Waals surface area contributed by atoms with Crippen molar-refractivity contribution in [2.45, 2.75) is 52.6 Å². The van der Waals surface area contributed by atoms with Gasteiger partial charge in [-0.15, -0.1) is 0 Å². The Morgan fingerprint density at radius 3 is 2.17 bits per heavy atom. The molecule has 0 aliphatic carbocycles. The number of rotatable bonds is 6. The topological polar surface area (TPSA) is 32.3 Å². The van der Waals surface area contributed by atoms with Gasteiger partial charge in [-0.05, 0) is 25.7 Å². The van der Waals surface area contributed by atoms with Crippen LogP contribution < -0.4 is 5.32 Å². The fourth-order valence-corrected chi connectivity index (χ4v) is 1.42. The van der Waals surface area contributed by atoms with Gasteiger partial charge in [0, 0.05) is 18.7 Å². The number of nitrogens with one attached hydrogen (secondary N) is 1. The Hall–Kier alpha value is -0.0800. The van der Waals surface area contributed by atoms with E-state index in [-0.39, 0.29) is 6.61 Å². The quantitative estimate of drug-likeness (QED) is 0.641. The Morgan fingerprint density at radius 1 is 1.25 bits per heavy atom. The van der Waals surface area contributed by atoms with Crippen LogP contribution in [-0.4, -0.2) is 23.8 Å². The summed E-state index contributed by atoms with van der Waals surface area (Å²) in [4.78, 5) is 0. The van der Waals surface area contributed by atoms with Crippen molar-refractivity contribution < 1.29 is 5.11 Å². The zero-order chi connectivity index (χ0) is 9.56. The highest BCUT2D eigenvalue weighted by atomic mass is 16.3. The van der Waals surface area contributed by atoms with E-state index in [1.807, 2.05) is 0 Å². The van der Waals surface area contributed by atoms with Crippen molar-refractivity contribution in [3.63, 3.8) is 0 Å². The summed E-state index contributed by atoms with van der Waals surface area (Å²) in [7, 11) is 0. The highest BCUT2D eigenvalue weighted by Gasteiger charge is 2.12. The summed E-state index contributed by atoms with van der Waals surface area (Å²) in [5.41, 5.74) is 0. The van der Waals surface area contributed by atoms with Gasteiger partial charge in [-0.2, -0.15) is 0 Å². The van der Waals surface area contributed by atoms with E-state index in [2.05, 4.69) is 33.0 Å². The molecule has 2 heteroatoms. The third-order valence-electron chi connectivity index (χ3n) is 2.31. The summed E-state index contributed by atoms with van der Waals surface area (Å²) in [6.07, 6.45) is 2.01. The first-order valence-electron chi connectivity index (χ1n) is 4.98. The third-order valence-corrected chi connectivity index (χ3v) is 2.31. The molecule has 0 rings (SSSR count). The van der Waals surface area contributed by atoms with Gasteiger partial charge in [0.25, 0.3) is 0 Å². The second kappa shape index (κ2) is 6.44. The van der Waals surface area contributed by atoms with Crippen LogP contribution in [0.3, 0.4) is 0 Å². The minimum Gasteiger partial charge on any atom is -0.396 e. The molecule has 2 atom stereocenters. The fourth-order valence-electron chi connectivity index (χ4n) is 1.42. The van der Waals surface area contributed by atoms with E-state index in [0.29, 0.717) is 18.0 Å². The molecule has 0 spiro atoms. The molecule has 0 saturated carbocycles. The minimum absolute atomic E-state index is 0.280. The first kappa shape index (κ1) is 11.9. The number of aliphatic hydroxyl groups is 1. The predicted molar refractivity (Wildman–Crippen MR) is 53.2 cm³/mol. The summed E-state index contributed by atoms with van der Waals surface area (Å²) in [6, 6.07) is 1.02. The van der Waals surface area contributed by atoms with E-state index in [9.17, 15) is 0 Å². The van der Waals surface area contributed by atoms with Crippen LogP contribution in [0.1, 0.15) is 40.5 Å². The van der Waals surface area contributed by atoms with Gasteiger partial charge in [0.1, 0.15) is 0 Å². The number of aliphatic hydroxyl groups excluding tert-OH is 1. The van der Waals surface area contributed by atoms with Gasteiger partial charge in [-0.1, -0.05) is 20.8 Å². The smallest absolute Gasteiger partial charge is 0.0445 e. The van der Waals surface area contributed by atoms with Crippen LogP contribution in [0.4, 0.5) is 0 Å². The van der Waals surface area contributed by atoms with Crippen molar-refractivity contribution in [2.75, 3.05) is 6.61 Å². The summed E-state index contributed by atoms with van der Waals surface area (Å²) in [6.45, 7) is 9.06. The summed E-state index contributed by atoms with van der Waals surface area (Å²) >= 11 is 0. The number of hydrogen-bond acceptors (Lipinski definition) is 2. The molecule has 0 saturated heterocycles. The van der Waals surface area contributed by atoms with Gasteiger partial charge < -0.3 is 10.4 Å². The predicted octanol–water partition coefficient (Wildman–Crippen LogP) is 1.78. The molecule has 0 bridgehead atoms. The van der Waals surface area contributed by atoms with Crippen molar-refractivity contribution >= 4 is 0 Å².